The molecule has 0 radical (unpaired) electrons. The Labute approximate surface area is 129 Å². The Balaban J connectivity index is 1.42. The Bertz CT molecular complexity index is 843. The summed E-state index contributed by atoms with van der Waals surface area (Å²) in [5, 5.41) is 12.6. The second kappa shape index (κ2) is 5.37. The Hall–Kier alpha value is -3.49. The number of hydrogen-bond acceptors (Lipinski definition) is 7. The standard InChI is InChI=1S/C14H10N4O5/c19-13(15-8-3-4-9-11(6-8)22-7-21-9)16-14-18-17-12(23-14)10-2-1-5-20-10/h1-6H,7H2,(H2,15,16,18,19). The third-order valence-corrected chi connectivity index (χ3v) is 3.01. The summed E-state index contributed by atoms with van der Waals surface area (Å²) in [6.45, 7) is 0.169. The number of amides is 2. The molecule has 2 aromatic heterocycles. The molecular weight excluding hydrogens is 304 g/mol. The third kappa shape index (κ3) is 2.67. The molecule has 1 aliphatic rings. The Morgan fingerprint density at radius 3 is 2.87 bits per heavy atom. The Morgan fingerprint density at radius 1 is 1.09 bits per heavy atom. The molecule has 0 bridgehead atoms. The minimum Gasteiger partial charge on any atom is -0.459 e. The van der Waals surface area contributed by atoms with Crippen molar-refractivity contribution in [3.63, 3.8) is 0 Å². The first kappa shape index (κ1) is 13.2. The molecule has 1 aliphatic heterocycles. The molecule has 2 N–H and O–H groups in total. The highest BCUT2D eigenvalue weighted by Gasteiger charge is 2.16. The molecule has 4 rings (SSSR count). The van der Waals surface area contributed by atoms with Gasteiger partial charge in [-0.1, -0.05) is 5.10 Å². The Kier molecular flexibility index (Phi) is 3.08. The van der Waals surface area contributed by atoms with Crippen LogP contribution < -0.4 is 20.1 Å². The molecule has 0 fully saturated rings. The Morgan fingerprint density at radius 2 is 2.00 bits per heavy atom. The van der Waals surface area contributed by atoms with Crippen LogP contribution in [0, 0.1) is 0 Å². The number of benzene rings is 1. The number of aromatic nitrogens is 2. The maximum absolute atomic E-state index is 11.9. The van der Waals surface area contributed by atoms with Gasteiger partial charge in [-0.05, 0) is 24.3 Å². The quantitative estimate of drug-likeness (QED) is 0.764. The second-order valence-electron chi connectivity index (χ2n) is 4.54. The number of rotatable bonds is 3. The van der Waals surface area contributed by atoms with E-state index in [4.69, 9.17) is 18.3 Å². The van der Waals surface area contributed by atoms with Gasteiger partial charge in [-0.25, -0.2) is 4.79 Å². The topological polar surface area (TPSA) is 112 Å². The van der Waals surface area contributed by atoms with Crippen LogP contribution in [0.25, 0.3) is 11.7 Å². The molecule has 23 heavy (non-hydrogen) atoms. The van der Waals surface area contributed by atoms with E-state index in [1.807, 2.05) is 0 Å². The number of nitrogens with one attached hydrogen (secondary N) is 2. The molecule has 0 saturated heterocycles. The molecule has 0 spiro atoms. The van der Waals surface area contributed by atoms with Crippen LogP contribution in [0.3, 0.4) is 0 Å². The van der Waals surface area contributed by atoms with Crippen LogP contribution in [-0.2, 0) is 0 Å². The molecular formula is C14H10N4O5. The van der Waals surface area contributed by atoms with E-state index in [1.165, 1.54) is 6.26 Å². The lowest BCUT2D eigenvalue weighted by Gasteiger charge is -2.05. The summed E-state index contributed by atoms with van der Waals surface area (Å²) in [4.78, 5) is 11.9. The van der Waals surface area contributed by atoms with Crippen molar-refractivity contribution in [1.82, 2.24) is 10.2 Å². The van der Waals surface area contributed by atoms with Crippen LogP contribution >= 0.6 is 0 Å². The lowest BCUT2D eigenvalue weighted by atomic mass is 10.3. The number of anilines is 2. The molecule has 9 nitrogen and oxygen atoms in total. The van der Waals surface area contributed by atoms with Gasteiger partial charge in [-0.3, -0.25) is 5.32 Å². The van der Waals surface area contributed by atoms with Crippen molar-refractivity contribution in [2.75, 3.05) is 17.4 Å². The fraction of sp³-hybridized carbons (Fsp3) is 0.0714. The highest BCUT2D eigenvalue weighted by atomic mass is 16.7. The van der Waals surface area contributed by atoms with Gasteiger partial charge in [0.25, 0.3) is 5.89 Å². The molecule has 0 aliphatic carbocycles. The van der Waals surface area contributed by atoms with Crippen molar-refractivity contribution in [1.29, 1.82) is 0 Å². The monoisotopic (exact) mass is 314 g/mol. The van der Waals surface area contributed by atoms with Crippen molar-refractivity contribution in [3.8, 4) is 23.1 Å². The SMILES string of the molecule is O=C(Nc1ccc2c(c1)OCO2)Nc1nnc(-c2ccco2)o1. The zero-order valence-electron chi connectivity index (χ0n) is 11.6. The van der Waals surface area contributed by atoms with Crippen molar-refractivity contribution >= 4 is 17.7 Å². The van der Waals surface area contributed by atoms with Crippen LogP contribution in [0.1, 0.15) is 0 Å². The van der Waals surface area contributed by atoms with Gasteiger partial charge in [-0.2, -0.15) is 0 Å². The highest BCUT2D eigenvalue weighted by Crippen LogP contribution is 2.34. The maximum atomic E-state index is 11.9. The van der Waals surface area contributed by atoms with Gasteiger partial charge in [0, 0.05) is 11.8 Å². The number of nitrogens with zero attached hydrogens (tertiary/aromatic N) is 2. The van der Waals surface area contributed by atoms with Crippen LogP contribution in [-0.4, -0.2) is 23.0 Å². The van der Waals surface area contributed by atoms with Crippen molar-refractivity contribution in [3.05, 3.63) is 36.6 Å². The maximum Gasteiger partial charge on any atom is 0.327 e. The molecule has 9 heteroatoms. The highest BCUT2D eigenvalue weighted by molar-refractivity contribution is 5.98. The van der Waals surface area contributed by atoms with Crippen LogP contribution in [0.4, 0.5) is 16.5 Å². The summed E-state index contributed by atoms with van der Waals surface area (Å²) in [5.74, 6) is 1.80. The first-order chi connectivity index (χ1) is 11.3. The summed E-state index contributed by atoms with van der Waals surface area (Å²) in [6, 6.07) is 7.84. The van der Waals surface area contributed by atoms with E-state index in [9.17, 15) is 4.79 Å². The van der Waals surface area contributed by atoms with E-state index in [2.05, 4.69) is 20.8 Å². The van der Waals surface area contributed by atoms with E-state index in [0.29, 0.717) is 22.9 Å². The molecule has 0 atom stereocenters. The molecule has 0 saturated carbocycles. The summed E-state index contributed by atoms with van der Waals surface area (Å²) in [7, 11) is 0. The minimum absolute atomic E-state index is 0.0466. The van der Waals surface area contributed by atoms with Crippen molar-refractivity contribution < 1.29 is 23.1 Å². The fourth-order valence-electron chi connectivity index (χ4n) is 2.01. The number of carbonyl (C=O) groups excluding carboxylic acids is 1. The molecule has 1 aromatic carbocycles. The van der Waals surface area contributed by atoms with Gasteiger partial charge in [0.05, 0.1) is 6.26 Å². The van der Waals surface area contributed by atoms with Crippen LogP contribution in [0.15, 0.2) is 45.4 Å². The smallest absolute Gasteiger partial charge is 0.327 e. The molecule has 116 valence electrons. The number of furan rings is 1. The summed E-state index contributed by atoms with van der Waals surface area (Å²) < 4.78 is 20.8. The van der Waals surface area contributed by atoms with Crippen molar-refractivity contribution in [2.24, 2.45) is 0 Å². The summed E-state index contributed by atoms with van der Waals surface area (Å²) in [6.07, 6.45) is 1.49. The molecule has 3 aromatic rings. The van der Waals surface area contributed by atoms with E-state index in [-0.39, 0.29) is 18.7 Å². The van der Waals surface area contributed by atoms with E-state index in [0.717, 1.165) is 0 Å². The van der Waals surface area contributed by atoms with Crippen LogP contribution in [0.2, 0.25) is 0 Å². The average Bonchev–Trinajstić information content (AvgIpc) is 3.27. The van der Waals surface area contributed by atoms with E-state index in [1.54, 1.807) is 30.3 Å². The van der Waals surface area contributed by atoms with Crippen molar-refractivity contribution in [2.45, 2.75) is 0 Å². The number of urea groups is 1. The van der Waals surface area contributed by atoms with E-state index < -0.39 is 6.03 Å². The predicted molar refractivity (Wildman–Crippen MR) is 77.2 cm³/mol. The average molecular weight is 314 g/mol. The molecule has 2 amide bonds. The first-order valence-corrected chi connectivity index (χ1v) is 6.63. The number of hydrogen-bond donors (Lipinski definition) is 2. The van der Waals surface area contributed by atoms with Gasteiger partial charge in [-0.15, -0.1) is 5.10 Å². The van der Waals surface area contributed by atoms with E-state index >= 15 is 0 Å². The molecule has 3 heterocycles. The minimum atomic E-state index is -0.529. The lowest BCUT2D eigenvalue weighted by molar-refractivity contribution is 0.174. The first-order valence-electron chi connectivity index (χ1n) is 6.63. The third-order valence-electron chi connectivity index (χ3n) is 3.01. The van der Waals surface area contributed by atoms with Gasteiger partial charge >= 0.3 is 12.0 Å². The largest absolute Gasteiger partial charge is 0.459 e. The summed E-state index contributed by atoms with van der Waals surface area (Å²) in [5.41, 5.74) is 0.539. The summed E-state index contributed by atoms with van der Waals surface area (Å²) >= 11 is 0. The number of carbonyl (C=O) groups is 1. The zero-order valence-corrected chi connectivity index (χ0v) is 11.6. The van der Waals surface area contributed by atoms with Gasteiger partial charge in [0.15, 0.2) is 17.3 Å². The zero-order chi connectivity index (χ0) is 15.6. The van der Waals surface area contributed by atoms with Crippen LogP contribution in [0.5, 0.6) is 11.5 Å². The van der Waals surface area contributed by atoms with Gasteiger partial charge in [0.2, 0.25) is 6.79 Å². The predicted octanol–water partition coefficient (Wildman–Crippen LogP) is 2.70. The van der Waals surface area contributed by atoms with Gasteiger partial charge < -0.3 is 23.6 Å². The number of fused-ring (bicyclic) bond motifs is 1. The number of ether oxygens (including phenoxy) is 2. The van der Waals surface area contributed by atoms with Gasteiger partial charge in [0.1, 0.15) is 0 Å². The normalized spacial score (nSPS) is 12.2. The second-order valence-corrected chi connectivity index (χ2v) is 4.54. The fourth-order valence-corrected chi connectivity index (χ4v) is 2.01. The lowest BCUT2D eigenvalue weighted by Crippen LogP contribution is -2.19. The molecule has 0 unspecified atom stereocenters.